The molecule has 0 saturated heterocycles. The van der Waals surface area contributed by atoms with Crippen molar-refractivity contribution in [2.75, 3.05) is 0 Å². The maximum Gasteiger partial charge on any atom is 0.416 e. The van der Waals surface area contributed by atoms with Crippen LogP contribution in [0.25, 0.3) is 0 Å². The molecule has 12 heteroatoms. The first-order valence-electron chi connectivity index (χ1n) is 6.52. The largest absolute Gasteiger partial charge is 0.416 e. The summed E-state index contributed by atoms with van der Waals surface area (Å²) in [5, 5.41) is 0. The third kappa shape index (κ3) is 3.78. The Kier molecular flexibility index (Phi) is 4.99. The summed E-state index contributed by atoms with van der Waals surface area (Å²) < 4.78 is 143. The van der Waals surface area contributed by atoms with Gasteiger partial charge in [0.05, 0.1) is 11.1 Å². The fraction of sp³-hybridized carbons (Fsp3) is 0.143. The average Bonchev–Trinajstić information content (AvgIpc) is 2.53. The molecule has 0 aliphatic rings. The van der Waals surface area contributed by atoms with E-state index in [-0.39, 0.29) is 18.2 Å². The summed E-state index contributed by atoms with van der Waals surface area (Å²) in [4.78, 5) is 0. The van der Waals surface area contributed by atoms with Crippen molar-refractivity contribution in [3.8, 4) is 0 Å². The summed E-state index contributed by atoms with van der Waals surface area (Å²) in [5.74, 6) is -11.9. The predicted octanol–water partition coefficient (Wildman–Crippen LogP) is 3.81. The van der Waals surface area contributed by atoms with Crippen LogP contribution in [0.2, 0.25) is 0 Å². The number of alkyl halides is 6. The minimum Gasteiger partial charge on any atom is -0.204 e. The molecule has 2 rings (SSSR count). The Bertz CT molecular complexity index is 790. The van der Waals surface area contributed by atoms with Crippen LogP contribution in [0.4, 0.5) is 48.3 Å². The Balaban J connectivity index is 2.64. The van der Waals surface area contributed by atoms with Gasteiger partial charge in [-0.05, 0) is 11.5 Å². The van der Waals surface area contributed by atoms with E-state index in [1.807, 2.05) is 0 Å². The Hall–Kier alpha value is -2.27. The monoisotopic (exact) mass is 392 g/mol. The van der Waals surface area contributed by atoms with E-state index >= 15 is 0 Å². The van der Waals surface area contributed by atoms with Gasteiger partial charge < -0.3 is 0 Å². The molecule has 0 heterocycles. The zero-order valence-corrected chi connectivity index (χ0v) is 12.1. The molecule has 0 aromatic heterocycles. The fourth-order valence-electron chi connectivity index (χ4n) is 2.13. The number of benzene rings is 2. The van der Waals surface area contributed by atoms with Crippen molar-refractivity contribution < 1.29 is 48.3 Å². The Labute approximate surface area is 138 Å². The van der Waals surface area contributed by atoms with Gasteiger partial charge in [-0.15, -0.1) is 0 Å². The number of rotatable bonds is 2. The van der Waals surface area contributed by atoms with Crippen molar-refractivity contribution in [1.29, 1.82) is 0 Å². The highest BCUT2D eigenvalue weighted by Gasteiger charge is 2.37. The molecule has 0 fully saturated rings. The molecule has 26 heavy (non-hydrogen) atoms. The number of hydrogen-bond acceptors (Lipinski definition) is 0. The fourth-order valence-corrected chi connectivity index (χ4v) is 2.13. The van der Waals surface area contributed by atoms with Gasteiger partial charge in [-0.2, -0.15) is 26.3 Å². The van der Waals surface area contributed by atoms with Gasteiger partial charge in [0.15, 0.2) is 36.4 Å². The Morgan fingerprint density at radius 2 is 0.885 bits per heavy atom. The number of hydrogen-bond donors (Lipinski definition) is 0. The first-order valence-corrected chi connectivity index (χ1v) is 6.52. The summed E-state index contributed by atoms with van der Waals surface area (Å²) >= 11 is 0. The van der Waals surface area contributed by atoms with Crippen LogP contribution < -0.4 is 10.9 Å². The lowest BCUT2D eigenvalue weighted by Crippen LogP contribution is -2.36. The quantitative estimate of drug-likeness (QED) is 0.316. The van der Waals surface area contributed by atoms with Crippen LogP contribution in [0.15, 0.2) is 18.2 Å². The zero-order chi connectivity index (χ0) is 20.0. The van der Waals surface area contributed by atoms with Crippen LogP contribution in [0, 0.1) is 29.1 Å². The van der Waals surface area contributed by atoms with E-state index in [9.17, 15) is 48.3 Å². The molecule has 0 aliphatic carbocycles. The lowest BCUT2D eigenvalue weighted by molar-refractivity contribution is -0.142. The maximum absolute atomic E-state index is 13.6. The lowest BCUT2D eigenvalue weighted by Gasteiger charge is -2.14. The minimum absolute atomic E-state index is 0.132. The molecule has 0 atom stereocenters. The van der Waals surface area contributed by atoms with Crippen molar-refractivity contribution >= 4 is 18.2 Å². The van der Waals surface area contributed by atoms with E-state index in [1.54, 1.807) is 0 Å². The highest BCUT2D eigenvalue weighted by molar-refractivity contribution is 6.67. The van der Waals surface area contributed by atoms with E-state index in [0.29, 0.717) is 0 Å². The molecule has 140 valence electrons. The molecule has 0 spiro atoms. The molecular formula is C14H4BF11. The van der Waals surface area contributed by atoms with Crippen LogP contribution in [0.1, 0.15) is 11.1 Å². The third-order valence-corrected chi connectivity index (χ3v) is 3.33. The summed E-state index contributed by atoms with van der Waals surface area (Å²) in [7, 11) is -1.38. The molecule has 2 aromatic rings. The van der Waals surface area contributed by atoms with Crippen molar-refractivity contribution in [1.82, 2.24) is 0 Å². The van der Waals surface area contributed by atoms with Gasteiger partial charge in [-0.1, -0.05) is 17.6 Å². The summed E-state index contributed by atoms with van der Waals surface area (Å²) in [6.07, 6.45) is -10.5. The highest BCUT2D eigenvalue weighted by Crippen LogP contribution is 2.34. The van der Waals surface area contributed by atoms with Crippen molar-refractivity contribution in [2.24, 2.45) is 0 Å². The first-order chi connectivity index (χ1) is 11.7. The van der Waals surface area contributed by atoms with Gasteiger partial charge in [0.1, 0.15) is 0 Å². The summed E-state index contributed by atoms with van der Waals surface area (Å²) in [5.41, 5.74) is -6.05. The molecule has 0 aliphatic heterocycles. The van der Waals surface area contributed by atoms with E-state index in [2.05, 4.69) is 0 Å². The normalized spacial score (nSPS) is 12.4. The topological polar surface area (TPSA) is 0 Å². The molecule has 0 unspecified atom stereocenters. The molecule has 0 N–H and O–H groups in total. The molecule has 2 aromatic carbocycles. The molecule has 0 saturated carbocycles. The lowest BCUT2D eigenvalue weighted by atomic mass is 9.62. The average molecular weight is 392 g/mol. The highest BCUT2D eigenvalue weighted by atomic mass is 19.4. The van der Waals surface area contributed by atoms with E-state index in [1.165, 1.54) is 0 Å². The van der Waals surface area contributed by atoms with Crippen LogP contribution >= 0.6 is 0 Å². The van der Waals surface area contributed by atoms with Crippen LogP contribution in [0.3, 0.4) is 0 Å². The first kappa shape index (κ1) is 20.1. The predicted molar refractivity (Wildman–Crippen MR) is 69.1 cm³/mol. The minimum atomic E-state index is -5.23. The van der Waals surface area contributed by atoms with Gasteiger partial charge in [0.25, 0.3) is 0 Å². The van der Waals surface area contributed by atoms with Gasteiger partial charge in [0.2, 0.25) is 0 Å². The summed E-state index contributed by atoms with van der Waals surface area (Å²) in [6, 6.07) is 0.0304. The van der Waals surface area contributed by atoms with E-state index < -0.39 is 70.8 Å². The molecule has 0 radical (unpaired) electrons. The van der Waals surface area contributed by atoms with E-state index in [4.69, 9.17) is 0 Å². The molecular weight excluding hydrogens is 388 g/mol. The third-order valence-electron chi connectivity index (χ3n) is 3.33. The van der Waals surface area contributed by atoms with Gasteiger partial charge >= 0.3 is 12.4 Å². The number of halogens is 11. The standard InChI is InChI=1S/C14H4BF11/c16-8-7(9(17)11(19)12(20)10(8)18)15-6-2-4(13(21,22)23)1-5(3-6)14(24,25)26/h1-3,15H. The molecule has 0 bridgehead atoms. The second-order valence-corrected chi connectivity index (χ2v) is 5.14. The smallest absolute Gasteiger partial charge is 0.204 e. The zero-order valence-electron chi connectivity index (χ0n) is 12.1. The van der Waals surface area contributed by atoms with Gasteiger partial charge in [-0.25, -0.2) is 22.0 Å². The van der Waals surface area contributed by atoms with Crippen molar-refractivity contribution in [3.63, 3.8) is 0 Å². The second kappa shape index (κ2) is 6.47. The van der Waals surface area contributed by atoms with Crippen LogP contribution in [0.5, 0.6) is 0 Å². The Morgan fingerprint density at radius 1 is 0.538 bits per heavy atom. The Morgan fingerprint density at radius 3 is 1.23 bits per heavy atom. The SMILES string of the molecule is Fc1c(F)c(F)c(Bc2cc(C(F)(F)F)cc(C(F)(F)F)c2)c(F)c1F. The van der Waals surface area contributed by atoms with E-state index in [0.717, 1.165) is 0 Å². The van der Waals surface area contributed by atoms with Crippen LogP contribution in [-0.2, 0) is 12.4 Å². The molecule has 0 amide bonds. The van der Waals surface area contributed by atoms with Gasteiger partial charge in [0, 0.05) is 0 Å². The summed E-state index contributed by atoms with van der Waals surface area (Å²) in [6.45, 7) is 0. The van der Waals surface area contributed by atoms with Crippen LogP contribution in [-0.4, -0.2) is 7.28 Å². The van der Waals surface area contributed by atoms with Crippen molar-refractivity contribution in [2.45, 2.75) is 12.4 Å². The maximum atomic E-state index is 13.6. The second-order valence-electron chi connectivity index (χ2n) is 5.14. The molecule has 0 nitrogen and oxygen atoms in total. The van der Waals surface area contributed by atoms with Gasteiger partial charge in [-0.3, -0.25) is 0 Å². The van der Waals surface area contributed by atoms with Crippen molar-refractivity contribution in [3.05, 3.63) is 58.4 Å².